The maximum atomic E-state index is 13.1. The van der Waals surface area contributed by atoms with Crippen molar-refractivity contribution in [2.24, 2.45) is 0 Å². The summed E-state index contributed by atoms with van der Waals surface area (Å²) in [6, 6.07) is 10.6. The quantitative estimate of drug-likeness (QED) is 0.891. The van der Waals surface area contributed by atoms with Gasteiger partial charge in [0.25, 0.3) is 5.91 Å². The summed E-state index contributed by atoms with van der Waals surface area (Å²) in [4.78, 5) is 23.2. The average molecular weight is 316 g/mol. The number of carbonyl (C=O) groups is 2. The number of carbonyl (C=O) groups excluding carboxylic acids is 2. The van der Waals surface area contributed by atoms with Gasteiger partial charge in [-0.1, -0.05) is 6.07 Å². The van der Waals surface area contributed by atoms with Crippen LogP contribution in [0.5, 0.6) is 5.75 Å². The molecular formula is C17H17FN2O3. The summed E-state index contributed by atoms with van der Waals surface area (Å²) in [6.07, 6.45) is 0. The van der Waals surface area contributed by atoms with Gasteiger partial charge in [-0.15, -0.1) is 0 Å². The van der Waals surface area contributed by atoms with E-state index in [9.17, 15) is 14.0 Å². The second-order valence-corrected chi connectivity index (χ2v) is 4.90. The third-order valence-electron chi connectivity index (χ3n) is 3.13. The van der Waals surface area contributed by atoms with Crippen molar-refractivity contribution in [3.8, 4) is 5.75 Å². The van der Waals surface area contributed by atoms with Crippen molar-refractivity contribution >= 4 is 17.5 Å². The Morgan fingerprint density at radius 3 is 2.61 bits per heavy atom. The van der Waals surface area contributed by atoms with Gasteiger partial charge in [0.1, 0.15) is 11.6 Å². The fourth-order valence-corrected chi connectivity index (χ4v) is 2.11. The molecule has 0 aliphatic rings. The van der Waals surface area contributed by atoms with E-state index in [1.165, 1.54) is 38.3 Å². The SMILES string of the molecule is COc1ccc(NC(C)=O)cc1CNC(=O)c1cccc(F)c1. The van der Waals surface area contributed by atoms with Crippen LogP contribution < -0.4 is 15.4 Å². The van der Waals surface area contributed by atoms with Crippen LogP contribution in [0.2, 0.25) is 0 Å². The highest BCUT2D eigenvalue weighted by Crippen LogP contribution is 2.22. The van der Waals surface area contributed by atoms with Gasteiger partial charge in [0.05, 0.1) is 7.11 Å². The predicted octanol–water partition coefficient (Wildman–Crippen LogP) is 2.72. The van der Waals surface area contributed by atoms with Crippen molar-refractivity contribution < 1.29 is 18.7 Å². The Morgan fingerprint density at radius 2 is 1.96 bits per heavy atom. The first-order valence-electron chi connectivity index (χ1n) is 6.98. The van der Waals surface area contributed by atoms with E-state index < -0.39 is 11.7 Å². The number of hydrogen-bond donors (Lipinski definition) is 2. The summed E-state index contributed by atoms with van der Waals surface area (Å²) in [7, 11) is 1.52. The molecule has 0 fully saturated rings. The zero-order chi connectivity index (χ0) is 16.8. The summed E-state index contributed by atoms with van der Waals surface area (Å²) in [5.41, 5.74) is 1.54. The Hall–Kier alpha value is -2.89. The molecule has 2 N–H and O–H groups in total. The van der Waals surface area contributed by atoms with Crippen LogP contribution >= 0.6 is 0 Å². The average Bonchev–Trinajstić information content (AvgIpc) is 2.52. The zero-order valence-electron chi connectivity index (χ0n) is 12.9. The molecule has 0 saturated heterocycles. The molecule has 0 radical (unpaired) electrons. The normalized spacial score (nSPS) is 10.0. The molecule has 0 atom stereocenters. The van der Waals surface area contributed by atoms with Crippen LogP contribution in [-0.4, -0.2) is 18.9 Å². The molecule has 0 spiro atoms. The van der Waals surface area contributed by atoms with Crippen molar-refractivity contribution in [1.29, 1.82) is 0 Å². The molecule has 0 bridgehead atoms. The van der Waals surface area contributed by atoms with Crippen molar-refractivity contribution in [2.75, 3.05) is 12.4 Å². The molecule has 6 heteroatoms. The predicted molar refractivity (Wildman–Crippen MR) is 84.9 cm³/mol. The number of anilines is 1. The molecule has 0 aromatic heterocycles. The van der Waals surface area contributed by atoms with Gasteiger partial charge < -0.3 is 15.4 Å². The van der Waals surface area contributed by atoms with E-state index in [0.29, 0.717) is 17.0 Å². The number of nitrogens with one attached hydrogen (secondary N) is 2. The second kappa shape index (κ2) is 7.40. The van der Waals surface area contributed by atoms with E-state index in [4.69, 9.17) is 4.74 Å². The number of halogens is 1. The summed E-state index contributed by atoms with van der Waals surface area (Å²) < 4.78 is 18.4. The lowest BCUT2D eigenvalue weighted by Crippen LogP contribution is -2.23. The van der Waals surface area contributed by atoms with E-state index in [1.54, 1.807) is 18.2 Å². The zero-order valence-corrected chi connectivity index (χ0v) is 12.9. The summed E-state index contributed by atoms with van der Waals surface area (Å²) in [6.45, 7) is 1.60. The van der Waals surface area contributed by atoms with Crippen LogP contribution in [-0.2, 0) is 11.3 Å². The molecular weight excluding hydrogens is 299 g/mol. The maximum absolute atomic E-state index is 13.1. The van der Waals surface area contributed by atoms with E-state index in [0.717, 1.165) is 0 Å². The van der Waals surface area contributed by atoms with Crippen molar-refractivity contribution in [2.45, 2.75) is 13.5 Å². The summed E-state index contributed by atoms with van der Waals surface area (Å²) in [5, 5.41) is 5.37. The van der Waals surface area contributed by atoms with Crippen molar-refractivity contribution in [1.82, 2.24) is 5.32 Å². The van der Waals surface area contributed by atoms with Crippen LogP contribution in [0.25, 0.3) is 0 Å². The largest absolute Gasteiger partial charge is 0.496 e. The van der Waals surface area contributed by atoms with Gasteiger partial charge >= 0.3 is 0 Å². The Morgan fingerprint density at radius 1 is 1.17 bits per heavy atom. The smallest absolute Gasteiger partial charge is 0.251 e. The van der Waals surface area contributed by atoms with Gasteiger partial charge in [-0.05, 0) is 36.4 Å². The molecule has 120 valence electrons. The molecule has 2 aromatic carbocycles. The van der Waals surface area contributed by atoms with Gasteiger partial charge in [0.2, 0.25) is 5.91 Å². The van der Waals surface area contributed by atoms with Crippen LogP contribution in [0, 0.1) is 5.82 Å². The van der Waals surface area contributed by atoms with Crippen molar-refractivity contribution in [3.63, 3.8) is 0 Å². The maximum Gasteiger partial charge on any atom is 0.251 e. The summed E-state index contributed by atoms with van der Waals surface area (Å²) in [5.74, 6) is -0.470. The number of benzene rings is 2. The number of methoxy groups -OCH3 is 1. The Kier molecular flexibility index (Phi) is 5.30. The standard InChI is InChI=1S/C17H17FN2O3/c1-11(21)20-15-6-7-16(23-2)13(9-15)10-19-17(22)12-4-3-5-14(18)8-12/h3-9H,10H2,1-2H3,(H,19,22)(H,20,21). The van der Waals surface area contributed by atoms with E-state index >= 15 is 0 Å². The van der Waals surface area contributed by atoms with Crippen LogP contribution in [0.4, 0.5) is 10.1 Å². The van der Waals surface area contributed by atoms with Crippen LogP contribution in [0.1, 0.15) is 22.8 Å². The minimum Gasteiger partial charge on any atom is -0.496 e. The molecule has 0 aliphatic heterocycles. The first-order valence-corrected chi connectivity index (χ1v) is 6.98. The number of rotatable bonds is 5. The lowest BCUT2D eigenvalue weighted by molar-refractivity contribution is -0.114. The molecule has 0 heterocycles. The van der Waals surface area contributed by atoms with Gasteiger partial charge in [0.15, 0.2) is 0 Å². The van der Waals surface area contributed by atoms with Crippen molar-refractivity contribution in [3.05, 3.63) is 59.4 Å². The first-order chi connectivity index (χ1) is 11.0. The number of amides is 2. The fraction of sp³-hybridized carbons (Fsp3) is 0.176. The minimum absolute atomic E-state index is 0.186. The van der Waals surface area contributed by atoms with Gasteiger partial charge in [-0.2, -0.15) is 0 Å². The van der Waals surface area contributed by atoms with E-state index in [2.05, 4.69) is 10.6 Å². The Balaban J connectivity index is 2.12. The molecule has 0 aliphatic carbocycles. The van der Waals surface area contributed by atoms with Gasteiger partial charge in [-0.3, -0.25) is 9.59 Å². The molecule has 0 unspecified atom stereocenters. The topological polar surface area (TPSA) is 67.4 Å². The highest BCUT2D eigenvalue weighted by molar-refractivity contribution is 5.94. The highest BCUT2D eigenvalue weighted by atomic mass is 19.1. The summed E-state index contributed by atoms with van der Waals surface area (Å²) >= 11 is 0. The molecule has 5 nitrogen and oxygen atoms in total. The number of hydrogen-bond acceptors (Lipinski definition) is 3. The van der Waals surface area contributed by atoms with Crippen LogP contribution in [0.3, 0.4) is 0 Å². The highest BCUT2D eigenvalue weighted by Gasteiger charge is 2.10. The lowest BCUT2D eigenvalue weighted by Gasteiger charge is -2.12. The van der Waals surface area contributed by atoms with E-state index in [-0.39, 0.29) is 18.0 Å². The monoisotopic (exact) mass is 316 g/mol. The Labute approximate surface area is 133 Å². The minimum atomic E-state index is -0.470. The third kappa shape index (κ3) is 4.54. The first kappa shape index (κ1) is 16.5. The molecule has 23 heavy (non-hydrogen) atoms. The lowest BCUT2D eigenvalue weighted by atomic mass is 10.1. The molecule has 0 saturated carbocycles. The number of ether oxygens (including phenoxy) is 1. The van der Waals surface area contributed by atoms with Crippen LogP contribution in [0.15, 0.2) is 42.5 Å². The molecule has 2 amide bonds. The van der Waals surface area contributed by atoms with E-state index in [1.807, 2.05) is 0 Å². The Bertz CT molecular complexity index is 732. The van der Waals surface area contributed by atoms with Gasteiger partial charge in [-0.25, -0.2) is 4.39 Å². The third-order valence-corrected chi connectivity index (χ3v) is 3.13. The van der Waals surface area contributed by atoms with Gasteiger partial charge in [0, 0.05) is 30.3 Å². The molecule has 2 aromatic rings. The molecule has 2 rings (SSSR count). The fourth-order valence-electron chi connectivity index (χ4n) is 2.11. The second-order valence-electron chi connectivity index (χ2n) is 4.90.